The highest BCUT2D eigenvalue weighted by atomic mass is 33.1. The molecule has 0 spiro atoms. The van der Waals surface area contributed by atoms with E-state index in [1.807, 2.05) is 6.26 Å². The smallest absolute Gasteiger partial charge is 0.378 e. The largest absolute Gasteiger partial charge is 0.450 e. The molecular formula is C4H7O2S2. The zero-order valence-corrected chi connectivity index (χ0v) is 6.34. The van der Waals surface area contributed by atoms with E-state index < -0.39 is 0 Å². The molecule has 1 radical (unpaired) electrons. The predicted molar refractivity (Wildman–Crippen MR) is 37.6 cm³/mol. The fourth-order valence-electron chi connectivity index (χ4n) is 0.184. The number of carbonyl (C=O) groups is 1. The van der Waals surface area contributed by atoms with Crippen LogP contribution in [0, 0.1) is 6.61 Å². The van der Waals surface area contributed by atoms with Crippen LogP contribution in [-0.2, 0) is 4.74 Å². The Labute approximate surface area is 56.8 Å². The van der Waals surface area contributed by atoms with Gasteiger partial charge in [-0.3, -0.25) is 0 Å². The van der Waals surface area contributed by atoms with Gasteiger partial charge in [0.05, 0.1) is 0 Å². The summed E-state index contributed by atoms with van der Waals surface area (Å²) in [4.78, 5) is 10.3. The lowest BCUT2D eigenvalue weighted by atomic mass is 10.9. The second kappa shape index (κ2) is 5.31. The second-order valence-electron chi connectivity index (χ2n) is 0.854. The van der Waals surface area contributed by atoms with Gasteiger partial charge in [0.1, 0.15) is 6.61 Å². The van der Waals surface area contributed by atoms with Crippen molar-refractivity contribution in [2.24, 2.45) is 0 Å². The summed E-state index contributed by atoms with van der Waals surface area (Å²) in [7, 11) is 2.45. The van der Waals surface area contributed by atoms with Crippen LogP contribution < -0.4 is 0 Å². The number of hydrogen-bond acceptors (Lipinski definition) is 4. The van der Waals surface area contributed by atoms with E-state index >= 15 is 0 Å². The van der Waals surface area contributed by atoms with E-state index in [-0.39, 0.29) is 5.30 Å². The Morgan fingerprint density at radius 3 is 2.75 bits per heavy atom. The maximum atomic E-state index is 10.3. The summed E-state index contributed by atoms with van der Waals surface area (Å²) in [6, 6.07) is 0. The van der Waals surface area contributed by atoms with Gasteiger partial charge in [0.25, 0.3) is 0 Å². The van der Waals surface area contributed by atoms with Crippen molar-refractivity contribution in [3.05, 3.63) is 6.61 Å². The molecule has 0 heterocycles. The summed E-state index contributed by atoms with van der Waals surface area (Å²) in [5.41, 5.74) is 0. The van der Waals surface area contributed by atoms with Crippen molar-refractivity contribution in [2.45, 2.75) is 6.92 Å². The highest BCUT2D eigenvalue weighted by molar-refractivity contribution is 8.81. The lowest BCUT2D eigenvalue weighted by Crippen LogP contribution is -1.88. The molecule has 8 heavy (non-hydrogen) atoms. The fourth-order valence-corrected chi connectivity index (χ4v) is 0.982. The molecule has 0 atom stereocenters. The first kappa shape index (κ1) is 8.17. The molecule has 0 bridgehead atoms. The molecule has 0 aromatic rings. The summed E-state index contributed by atoms with van der Waals surface area (Å²) in [5, 5.41) is -0.264. The van der Waals surface area contributed by atoms with Crippen LogP contribution in [0.15, 0.2) is 0 Å². The van der Waals surface area contributed by atoms with Crippen molar-refractivity contribution in [2.75, 3.05) is 6.26 Å². The molecule has 0 rings (SSSR count). The summed E-state index contributed by atoms with van der Waals surface area (Å²) >= 11 is 0. The van der Waals surface area contributed by atoms with Crippen LogP contribution in [0.2, 0.25) is 0 Å². The van der Waals surface area contributed by atoms with Gasteiger partial charge in [-0.2, -0.15) is 0 Å². The average Bonchev–Trinajstić information content (AvgIpc) is 1.68. The Morgan fingerprint density at radius 1 is 1.75 bits per heavy atom. The summed E-state index contributed by atoms with van der Waals surface area (Å²) < 4.78 is 4.46. The first-order valence-electron chi connectivity index (χ1n) is 2.00. The Bertz CT molecular complexity index is 66.4. The summed E-state index contributed by atoms with van der Waals surface area (Å²) in [6.45, 7) is 3.03. The molecule has 0 aromatic heterocycles. The van der Waals surface area contributed by atoms with Gasteiger partial charge in [-0.05, 0) is 13.2 Å². The molecule has 0 saturated carbocycles. The lowest BCUT2D eigenvalue weighted by Gasteiger charge is -1.93. The topological polar surface area (TPSA) is 26.3 Å². The lowest BCUT2D eigenvalue weighted by molar-refractivity contribution is 0.202. The monoisotopic (exact) mass is 151 g/mol. The molecule has 0 aliphatic heterocycles. The maximum Gasteiger partial charge on any atom is 0.378 e. The molecule has 47 valence electrons. The van der Waals surface area contributed by atoms with E-state index in [1.165, 1.54) is 17.4 Å². The standard InChI is InChI=1S/C4H7O2S2/c1-3-6-4(5)8-7-2/h3H,1-2H3. The van der Waals surface area contributed by atoms with E-state index in [0.717, 1.165) is 10.8 Å². The molecule has 0 saturated heterocycles. The molecule has 0 aliphatic carbocycles. The number of carbonyl (C=O) groups excluding carboxylic acids is 1. The summed E-state index contributed by atoms with van der Waals surface area (Å²) in [6.07, 6.45) is 1.82. The summed E-state index contributed by atoms with van der Waals surface area (Å²) in [5.74, 6) is 0. The molecule has 0 aliphatic rings. The Balaban J connectivity index is 3.06. The molecule has 4 heteroatoms. The molecular weight excluding hydrogens is 144 g/mol. The fraction of sp³-hybridized carbons (Fsp3) is 0.500. The SMILES string of the molecule is C[CH]OC(=O)SSC. The van der Waals surface area contributed by atoms with Crippen LogP contribution in [-0.4, -0.2) is 11.6 Å². The van der Waals surface area contributed by atoms with E-state index in [4.69, 9.17) is 0 Å². The van der Waals surface area contributed by atoms with Gasteiger partial charge in [0.15, 0.2) is 0 Å². The Hall–Kier alpha value is 0.170. The second-order valence-corrected chi connectivity index (χ2v) is 3.19. The third-order valence-electron chi connectivity index (χ3n) is 0.365. The zero-order chi connectivity index (χ0) is 6.41. The Kier molecular flexibility index (Phi) is 5.42. The van der Waals surface area contributed by atoms with Gasteiger partial charge >= 0.3 is 5.30 Å². The molecule has 0 fully saturated rings. The third-order valence-corrected chi connectivity index (χ3v) is 1.67. The third kappa shape index (κ3) is 4.33. The average molecular weight is 151 g/mol. The van der Waals surface area contributed by atoms with Gasteiger partial charge in [-0.25, -0.2) is 4.79 Å². The predicted octanol–water partition coefficient (Wildman–Crippen LogP) is 2.32. The van der Waals surface area contributed by atoms with Crippen molar-refractivity contribution < 1.29 is 9.53 Å². The van der Waals surface area contributed by atoms with E-state index in [1.54, 1.807) is 6.92 Å². The van der Waals surface area contributed by atoms with Gasteiger partial charge < -0.3 is 4.74 Å². The molecule has 0 N–H and O–H groups in total. The normalized spacial score (nSPS) is 8.75. The van der Waals surface area contributed by atoms with Crippen LogP contribution >= 0.6 is 21.6 Å². The molecule has 0 aromatic carbocycles. The molecule has 2 nitrogen and oxygen atoms in total. The Morgan fingerprint density at radius 2 is 2.38 bits per heavy atom. The highest BCUT2D eigenvalue weighted by Crippen LogP contribution is 2.19. The minimum atomic E-state index is -0.264. The van der Waals surface area contributed by atoms with Gasteiger partial charge in [-0.1, -0.05) is 10.8 Å². The molecule has 0 unspecified atom stereocenters. The molecule has 0 amide bonds. The first-order chi connectivity index (χ1) is 3.81. The maximum absolute atomic E-state index is 10.3. The van der Waals surface area contributed by atoms with Crippen LogP contribution in [0.4, 0.5) is 4.79 Å². The van der Waals surface area contributed by atoms with Gasteiger partial charge in [-0.15, -0.1) is 0 Å². The highest BCUT2D eigenvalue weighted by Gasteiger charge is 1.97. The van der Waals surface area contributed by atoms with Crippen molar-refractivity contribution >= 4 is 26.9 Å². The minimum absolute atomic E-state index is 0.264. The number of ether oxygens (including phenoxy) is 1. The van der Waals surface area contributed by atoms with Crippen LogP contribution in [0.25, 0.3) is 0 Å². The van der Waals surface area contributed by atoms with E-state index in [9.17, 15) is 4.79 Å². The van der Waals surface area contributed by atoms with E-state index in [2.05, 4.69) is 4.74 Å². The van der Waals surface area contributed by atoms with Gasteiger partial charge in [0.2, 0.25) is 0 Å². The van der Waals surface area contributed by atoms with E-state index in [0.29, 0.717) is 0 Å². The van der Waals surface area contributed by atoms with Crippen LogP contribution in [0.1, 0.15) is 6.92 Å². The van der Waals surface area contributed by atoms with Crippen molar-refractivity contribution in [3.8, 4) is 0 Å². The van der Waals surface area contributed by atoms with Gasteiger partial charge in [0, 0.05) is 10.8 Å². The quantitative estimate of drug-likeness (QED) is 0.447. The van der Waals surface area contributed by atoms with Crippen LogP contribution in [0.5, 0.6) is 0 Å². The van der Waals surface area contributed by atoms with Crippen molar-refractivity contribution in [1.29, 1.82) is 0 Å². The number of rotatable bonds is 2. The minimum Gasteiger partial charge on any atom is -0.450 e. The number of hydrogen-bond donors (Lipinski definition) is 0. The van der Waals surface area contributed by atoms with Crippen LogP contribution in [0.3, 0.4) is 0 Å². The van der Waals surface area contributed by atoms with Crippen molar-refractivity contribution in [1.82, 2.24) is 0 Å². The van der Waals surface area contributed by atoms with Crippen molar-refractivity contribution in [3.63, 3.8) is 0 Å². The zero-order valence-electron chi connectivity index (χ0n) is 4.71. The first-order valence-corrected chi connectivity index (χ1v) is 4.56.